The van der Waals surface area contributed by atoms with E-state index in [2.05, 4.69) is 23.7 Å². The molecule has 0 amide bonds. The first-order chi connectivity index (χ1) is 7.49. The Hall–Kier alpha value is -1.29. The number of hydrogen-bond donors (Lipinski definition) is 1. The summed E-state index contributed by atoms with van der Waals surface area (Å²) in [6.45, 7) is 8.59. The number of nitrogens with two attached hydrogens (primary N) is 1. The summed E-state index contributed by atoms with van der Waals surface area (Å²) in [6.07, 6.45) is 1.81. The molecule has 0 radical (unpaired) electrons. The minimum absolute atomic E-state index is 0.129. The molecule has 0 bridgehead atoms. The third-order valence-electron chi connectivity index (χ3n) is 2.91. The van der Waals surface area contributed by atoms with E-state index in [4.69, 9.17) is 10.5 Å². The van der Waals surface area contributed by atoms with E-state index in [-0.39, 0.29) is 5.60 Å². The van der Waals surface area contributed by atoms with Gasteiger partial charge in [-0.05, 0) is 32.4 Å². The van der Waals surface area contributed by atoms with Crippen molar-refractivity contribution in [1.82, 2.24) is 4.98 Å². The van der Waals surface area contributed by atoms with E-state index < -0.39 is 0 Å². The first kappa shape index (κ1) is 11.2. The van der Waals surface area contributed by atoms with E-state index in [1.807, 2.05) is 19.2 Å². The maximum absolute atomic E-state index is 6.06. The highest BCUT2D eigenvalue weighted by molar-refractivity contribution is 5.66. The predicted octanol–water partition coefficient (Wildman–Crippen LogP) is 1.59. The average molecular weight is 221 g/mol. The van der Waals surface area contributed by atoms with Gasteiger partial charge in [0, 0.05) is 19.3 Å². The monoisotopic (exact) mass is 221 g/mol. The summed E-state index contributed by atoms with van der Waals surface area (Å²) in [5, 5.41) is 0. The molecule has 1 fully saturated rings. The van der Waals surface area contributed by atoms with Crippen LogP contribution in [0.4, 0.5) is 11.5 Å². The van der Waals surface area contributed by atoms with Crippen LogP contribution in [-0.2, 0) is 4.74 Å². The molecule has 1 aliphatic rings. The molecule has 16 heavy (non-hydrogen) atoms. The van der Waals surface area contributed by atoms with Gasteiger partial charge in [0.25, 0.3) is 0 Å². The van der Waals surface area contributed by atoms with Crippen molar-refractivity contribution >= 4 is 11.5 Å². The lowest BCUT2D eigenvalue weighted by molar-refractivity contribution is -0.0278. The second-order valence-corrected chi connectivity index (χ2v) is 4.89. The average Bonchev–Trinajstić information content (AvgIpc) is 2.20. The Morgan fingerprint density at radius 3 is 2.94 bits per heavy atom. The van der Waals surface area contributed by atoms with Crippen LogP contribution < -0.4 is 10.6 Å². The van der Waals surface area contributed by atoms with Crippen molar-refractivity contribution in [2.45, 2.75) is 26.4 Å². The summed E-state index contributed by atoms with van der Waals surface area (Å²) in [5.74, 6) is 0.886. The van der Waals surface area contributed by atoms with Crippen molar-refractivity contribution in [3.05, 3.63) is 17.8 Å². The summed E-state index contributed by atoms with van der Waals surface area (Å²) >= 11 is 0. The standard InChI is InChI=1S/C12H19N3O/c1-9-4-5-14-11(10(9)13)15-6-7-16-12(2,3)8-15/h4-5H,6-8,13H2,1-3H3. The van der Waals surface area contributed by atoms with Gasteiger partial charge in [-0.3, -0.25) is 0 Å². The number of nitrogens with zero attached hydrogens (tertiary/aromatic N) is 2. The molecule has 2 heterocycles. The highest BCUT2D eigenvalue weighted by atomic mass is 16.5. The molecule has 1 saturated heterocycles. The van der Waals surface area contributed by atoms with Gasteiger partial charge in [0.1, 0.15) is 0 Å². The van der Waals surface area contributed by atoms with Crippen LogP contribution in [0.5, 0.6) is 0 Å². The molecule has 0 atom stereocenters. The van der Waals surface area contributed by atoms with Crippen molar-refractivity contribution in [2.75, 3.05) is 30.3 Å². The van der Waals surface area contributed by atoms with Gasteiger partial charge in [-0.2, -0.15) is 0 Å². The maximum Gasteiger partial charge on any atom is 0.152 e. The van der Waals surface area contributed by atoms with Gasteiger partial charge >= 0.3 is 0 Å². The number of pyridine rings is 1. The Morgan fingerprint density at radius 2 is 2.25 bits per heavy atom. The van der Waals surface area contributed by atoms with Crippen LogP contribution in [0.25, 0.3) is 0 Å². The summed E-state index contributed by atoms with van der Waals surface area (Å²) < 4.78 is 5.68. The zero-order valence-corrected chi connectivity index (χ0v) is 10.2. The van der Waals surface area contributed by atoms with Crippen molar-refractivity contribution in [2.24, 2.45) is 0 Å². The van der Waals surface area contributed by atoms with Gasteiger partial charge in [-0.15, -0.1) is 0 Å². The van der Waals surface area contributed by atoms with Gasteiger partial charge in [0.05, 0.1) is 17.9 Å². The van der Waals surface area contributed by atoms with Gasteiger partial charge in [0.2, 0.25) is 0 Å². The fraction of sp³-hybridized carbons (Fsp3) is 0.583. The summed E-state index contributed by atoms with van der Waals surface area (Å²) in [7, 11) is 0. The number of morpholine rings is 1. The first-order valence-corrected chi connectivity index (χ1v) is 5.59. The molecule has 0 saturated carbocycles. The Kier molecular flexibility index (Phi) is 2.76. The summed E-state index contributed by atoms with van der Waals surface area (Å²) in [6, 6.07) is 1.93. The van der Waals surface area contributed by atoms with Gasteiger partial charge in [0.15, 0.2) is 5.82 Å². The molecule has 0 aromatic carbocycles. The van der Waals surface area contributed by atoms with E-state index in [0.717, 1.165) is 36.8 Å². The second-order valence-electron chi connectivity index (χ2n) is 4.89. The fourth-order valence-corrected chi connectivity index (χ4v) is 2.00. The minimum Gasteiger partial charge on any atom is -0.396 e. The normalized spacial score (nSPS) is 19.8. The second kappa shape index (κ2) is 3.94. The van der Waals surface area contributed by atoms with Gasteiger partial charge < -0.3 is 15.4 Å². The minimum atomic E-state index is -0.129. The number of hydrogen-bond acceptors (Lipinski definition) is 4. The highest BCUT2D eigenvalue weighted by Crippen LogP contribution is 2.27. The van der Waals surface area contributed by atoms with Crippen LogP contribution in [0.15, 0.2) is 12.3 Å². The third-order valence-corrected chi connectivity index (χ3v) is 2.91. The number of aryl methyl sites for hydroxylation is 1. The third kappa shape index (κ3) is 2.11. The molecular weight excluding hydrogens is 202 g/mol. The van der Waals surface area contributed by atoms with Gasteiger partial charge in [-0.25, -0.2) is 4.98 Å². The summed E-state index contributed by atoms with van der Waals surface area (Å²) in [5.41, 5.74) is 7.78. The van der Waals surface area contributed by atoms with Crippen molar-refractivity contribution in [3.63, 3.8) is 0 Å². The molecule has 88 valence electrons. The van der Waals surface area contributed by atoms with E-state index >= 15 is 0 Å². The zero-order valence-electron chi connectivity index (χ0n) is 10.2. The molecule has 4 heteroatoms. The van der Waals surface area contributed by atoms with Crippen molar-refractivity contribution < 1.29 is 4.74 Å². The van der Waals surface area contributed by atoms with Crippen LogP contribution in [0.1, 0.15) is 19.4 Å². The van der Waals surface area contributed by atoms with Crippen LogP contribution in [-0.4, -0.2) is 30.3 Å². The number of nitrogen functional groups attached to an aromatic ring is 1. The summed E-state index contributed by atoms with van der Waals surface area (Å²) in [4.78, 5) is 6.57. The lowest BCUT2D eigenvalue weighted by Crippen LogP contribution is -2.48. The Morgan fingerprint density at radius 1 is 1.50 bits per heavy atom. The first-order valence-electron chi connectivity index (χ1n) is 5.59. The van der Waals surface area contributed by atoms with E-state index in [0.29, 0.717) is 0 Å². The van der Waals surface area contributed by atoms with E-state index in [9.17, 15) is 0 Å². The zero-order chi connectivity index (χ0) is 11.8. The molecule has 0 aliphatic carbocycles. The topological polar surface area (TPSA) is 51.4 Å². The molecular formula is C12H19N3O. The van der Waals surface area contributed by atoms with Crippen molar-refractivity contribution in [3.8, 4) is 0 Å². The molecule has 0 spiro atoms. The molecule has 2 rings (SSSR count). The number of rotatable bonds is 1. The number of aromatic nitrogens is 1. The molecule has 0 unspecified atom stereocenters. The highest BCUT2D eigenvalue weighted by Gasteiger charge is 2.28. The Labute approximate surface area is 96.4 Å². The quantitative estimate of drug-likeness (QED) is 0.782. The smallest absolute Gasteiger partial charge is 0.152 e. The van der Waals surface area contributed by atoms with Crippen LogP contribution >= 0.6 is 0 Å². The molecule has 4 nitrogen and oxygen atoms in total. The fourth-order valence-electron chi connectivity index (χ4n) is 2.00. The number of anilines is 2. The van der Waals surface area contributed by atoms with Gasteiger partial charge in [-0.1, -0.05) is 0 Å². The van der Waals surface area contributed by atoms with Crippen LogP contribution in [0.3, 0.4) is 0 Å². The number of ether oxygens (including phenoxy) is 1. The van der Waals surface area contributed by atoms with Crippen LogP contribution in [0, 0.1) is 6.92 Å². The lowest BCUT2D eigenvalue weighted by atomic mass is 10.1. The SMILES string of the molecule is Cc1ccnc(N2CCOC(C)(C)C2)c1N. The maximum atomic E-state index is 6.06. The lowest BCUT2D eigenvalue weighted by Gasteiger charge is -2.39. The Bertz CT molecular complexity index is 390. The van der Waals surface area contributed by atoms with Crippen molar-refractivity contribution in [1.29, 1.82) is 0 Å². The Balaban J connectivity index is 2.27. The molecule has 1 aromatic rings. The van der Waals surface area contributed by atoms with E-state index in [1.165, 1.54) is 0 Å². The molecule has 1 aromatic heterocycles. The van der Waals surface area contributed by atoms with E-state index in [1.54, 1.807) is 0 Å². The van der Waals surface area contributed by atoms with Crippen LogP contribution in [0.2, 0.25) is 0 Å². The molecule has 2 N–H and O–H groups in total. The largest absolute Gasteiger partial charge is 0.396 e. The predicted molar refractivity (Wildman–Crippen MR) is 65.6 cm³/mol. The molecule has 1 aliphatic heterocycles.